The summed E-state index contributed by atoms with van der Waals surface area (Å²) >= 11 is 0. The fourth-order valence-electron chi connectivity index (χ4n) is 1.65. The number of carbonyl (C=O) groups is 3. The van der Waals surface area contributed by atoms with Crippen molar-refractivity contribution in [3.05, 3.63) is 34.4 Å². The number of rotatable bonds is 3. The predicted octanol–water partition coefficient (Wildman–Crippen LogP) is 1.35. The number of benzene rings is 1. The lowest BCUT2D eigenvalue weighted by Gasteiger charge is -2.11. The Labute approximate surface area is 110 Å². The SMILES string of the molecule is COC(=O)c1cc(C)cc(C(=O)OC)c1C(=O)OC. The van der Waals surface area contributed by atoms with Crippen LogP contribution >= 0.6 is 0 Å². The van der Waals surface area contributed by atoms with Crippen molar-refractivity contribution in [2.45, 2.75) is 6.92 Å². The first-order valence-corrected chi connectivity index (χ1v) is 5.35. The first-order chi connectivity index (χ1) is 8.96. The van der Waals surface area contributed by atoms with Crippen LogP contribution in [0.3, 0.4) is 0 Å². The van der Waals surface area contributed by atoms with E-state index in [-0.39, 0.29) is 16.7 Å². The third-order valence-corrected chi connectivity index (χ3v) is 2.48. The minimum Gasteiger partial charge on any atom is -0.465 e. The van der Waals surface area contributed by atoms with E-state index in [1.165, 1.54) is 26.4 Å². The molecule has 0 aliphatic heterocycles. The van der Waals surface area contributed by atoms with E-state index in [2.05, 4.69) is 14.2 Å². The summed E-state index contributed by atoms with van der Waals surface area (Å²) in [4.78, 5) is 35.1. The van der Waals surface area contributed by atoms with E-state index < -0.39 is 17.9 Å². The van der Waals surface area contributed by atoms with Gasteiger partial charge in [-0.1, -0.05) is 0 Å². The van der Waals surface area contributed by atoms with Gasteiger partial charge in [-0.15, -0.1) is 0 Å². The van der Waals surface area contributed by atoms with E-state index >= 15 is 0 Å². The Kier molecular flexibility index (Phi) is 4.63. The van der Waals surface area contributed by atoms with Gasteiger partial charge in [0.1, 0.15) is 0 Å². The van der Waals surface area contributed by atoms with Gasteiger partial charge in [-0.25, -0.2) is 14.4 Å². The van der Waals surface area contributed by atoms with Crippen LogP contribution in [0.5, 0.6) is 0 Å². The molecular formula is C13H14O6. The molecule has 0 saturated carbocycles. The molecule has 0 atom stereocenters. The molecule has 1 aromatic carbocycles. The summed E-state index contributed by atoms with van der Waals surface area (Å²) in [5.74, 6) is -2.26. The Balaban J connectivity index is 3.62. The maximum absolute atomic E-state index is 11.8. The molecule has 0 aromatic heterocycles. The molecule has 0 bridgehead atoms. The number of methoxy groups -OCH3 is 3. The molecule has 1 aromatic rings. The van der Waals surface area contributed by atoms with Crippen LogP contribution in [0.15, 0.2) is 12.1 Å². The zero-order chi connectivity index (χ0) is 14.6. The van der Waals surface area contributed by atoms with Crippen LogP contribution in [0.25, 0.3) is 0 Å². The second-order valence-corrected chi connectivity index (χ2v) is 3.71. The highest BCUT2D eigenvalue weighted by Crippen LogP contribution is 2.20. The average molecular weight is 266 g/mol. The molecule has 0 heterocycles. The van der Waals surface area contributed by atoms with Crippen molar-refractivity contribution in [2.24, 2.45) is 0 Å². The fourth-order valence-corrected chi connectivity index (χ4v) is 1.65. The van der Waals surface area contributed by atoms with Gasteiger partial charge < -0.3 is 14.2 Å². The predicted molar refractivity (Wildman–Crippen MR) is 65.2 cm³/mol. The van der Waals surface area contributed by atoms with Crippen LogP contribution in [0.2, 0.25) is 0 Å². The van der Waals surface area contributed by atoms with Crippen LogP contribution < -0.4 is 0 Å². The average Bonchev–Trinajstić information content (AvgIpc) is 2.43. The molecular weight excluding hydrogens is 252 g/mol. The molecule has 0 N–H and O–H groups in total. The van der Waals surface area contributed by atoms with Crippen molar-refractivity contribution >= 4 is 17.9 Å². The molecule has 102 valence electrons. The van der Waals surface area contributed by atoms with Gasteiger partial charge in [-0.3, -0.25) is 0 Å². The Hall–Kier alpha value is -2.37. The van der Waals surface area contributed by atoms with Crippen molar-refractivity contribution in [3.8, 4) is 0 Å². The summed E-state index contributed by atoms with van der Waals surface area (Å²) in [5.41, 5.74) is 0.393. The smallest absolute Gasteiger partial charge is 0.339 e. The van der Waals surface area contributed by atoms with Gasteiger partial charge in [0, 0.05) is 0 Å². The molecule has 0 saturated heterocycles. The summed E-state index contributed by atoms with van der Waals surface area (Å²) in [6, 6.07) is 2.90. The minimum absolute atomic E-state index is 0.0326. The second kappa shape index (κ2) is 5.99. The summed E-state index contributed by atoms with van der Waals surface area (Å²) in [5, 5.41) is 0. The van der Waals surface area contributed by atoms with Crippen molar-refractivity contribution in [2.75, 3.05) is 21.3 Å². The molecule has 0 fully saturated rings. The van der Waals surface area contributed by atoms with Gasteiger partial charge in [0.2, 0.25) is 0 Å². The first-order valence-electron chi connectivity index (χ1n) is 5.35. The highest BCUT2D eigenvalue weighted by Gasteiger charge is 2.26. The largest absolute Gasteiger partial charge is 0.465 e. The highest BCUT2D eigenvalue weighted by molar-refractivity contribution is 6.10. The van der Waals surface area contributed by atoms with Crippen LogP contribution in [-0.4, -0.2) is 39.2 Å². The molecule has 0 radical (unpaired) electrons. The summed E-state index contributed by atoms with van der Waals surface area (Å²) in [6.07, 6.45) is 0. The highest BCUT2D eigenvalue weighted by atomic mass is 16.5. The van der Waals surface area contributed by atoms with Crippen molar-refractivity contribution in [1.29, 1.82) is 0 Å². The summed E-state index contributed by atoms with van der Waals surface area (Å²) < 4.78 is 13.8. The quantitative estimate of drug-likeness (QED) is 0.607. The molecule has 0 amide bonds. The monoisotopic (exact) mass is 266 g/mol. The summed E-state index contributed by atoms with van der Waals surface area (Å²) in [6.45, 7) is 1.68. The first kappa shape index (κ1) is 14.7. The van der Waals surface area contributed by atoms with Crippen molar-refractivity contribution in [1.82, 2.24) is 0 Å². The van der Waals surface area contributed by atoms with Crippen molar-refractivity contribution in [3.63, 3.8) is 0 Å². The van der Waals surface area contributed by atoms with E-state index in [1.807, 2.05) is 0 Å². The standard InChI is InChI=1S/C13H14O6/c1-7-5-8(11(14)17-2)10(13(16)19-4)9(6-7)12(15)18-3/h5-6H,1-4H3. The van der Waals surface area contributed by atoms with Gasteiger partial charge >= 0.3 is 17.9 Å². The van der Waals surface area contributed by atoms with E-state index in [0.717, 1.165) is 7.11 Å². The number of hydrogen-bond acceptors (Lipinski definition) is 6. The van der Waals surface area contributed by atoms with Crippen LogP contribution in [0, 0.1) is 6.92 Å². The Morgan fingerprint density at radius 3 is 1.47 bits per heavy atom. The van der Waals surface area contributed by atoms with Gasteiger partial charge in [-0.05, 0) is 24.6 Å². The van der Waals surface area contributed by atoms with E-state index in [4.69, 9.17) is 0 Å². The summed E-state index contributed by atoms with van der Waals surface area (Å²) in [7, 11) is 3.53. The van der Waals surface area contributed by atoms with Gasteiger partial charge in [0.05, 0.1) is 38.0 Å². The molecule has 19 heavy (non-hydrogen) atoms. The van der Waals surface area contributed by atoms with E-state index in [0.29, 0.717) is 5.56 Å². The minimum atomic E-state index is -0.805. The Morgan fingerprint density at radius 1 is 0.789 bits per heavy atom. The second-order valence-electron chi connectivity index (χ2n) is 3.71. The van der Waals surface area contributed by atoms with Gasteiger partial charge in [0.25, 0.3) is 0 Å². The Morgan fingerprint density at radius 2 is 1.16 bits per heavy atom. The molecule has 0 spiro atoms. The lowest BCUT2D eigenvalue weighted by atomic mass is 9.98. The van der Waals surface area contributed by atoms with Gasteiger partial charge in [0.15, 0.2) is 0 Å². The number of aryl methyl sites for hydroxylation is 1. The maximum Gasteiger partial charge on any atom is 0.339 e. The van der Waals surface area contributed by atoms with Crippen LogP contribution in [0.4, 0.5) is 0 Å². The lowest BCUT2D eigenvalue weighted by molar-refractivity contribution is 0.0535. The molecule has 6 heteroatoms. The normalized spacial score (nSPS) is 9.68. The van der Waals surface area contributed by atoms with Crippen LogP contribution in [0.1, 0.15) is 36.6 Å². The van der Waals surface area contributed by atoms with E-state index in [1.54, 1.807) is 6.92 Å². The maximum atomic E-state index is 11.8. The van der Waals surface area contributed by atoms with Crippen molar-refractivity contribution < 1.29 is 28.6 Å². The van der Waals surface area contributed by atoms with Crippen LogP contribution in [-0.2, 0) is 14.2 Å². The molecule has 0 aliphatic rings. The zero-order valence-corrected chi connectivity index (χ0v) is 11.1. The molecule has 1 rings (SSSR count). The lowest BCUT2D eigenvalue weighted by Crippen LogP contribution is -2.18. The third kappa shape index (κ3) is 2.90. The van der Waals surface area contributed by atoms with E-state index in [9.17, 15) is 14.4 Å². The Bertz CT molecular complexity index is 495. The van der Waals surface area contributed by atoms with Gasteiger partial charge in [-0.2, -0.15) is 0 Å². The number of esters is 3. The number of hydrogen-bond donors (Lipinski definition) is 0. The zero-order valence-electron chi connectivity index (χ0n) is 11.1. The number of carbonyl (C=O) groups excluding carboxylic acids is 3. The topological polar surface area (TPSA) is 78.9 Å². The molecule has 6 nitrogen and oxygen atoms in total. The molecule has 0 aliphatic carbocycles. The third-order valence-electron chi connectivity index (χ3n) is 2.48. The molecule has 0 unspecified atom stereocenters. The number of ether oxygens (including phenoxy) is 3. The fraction of sp³-hybridized carbons (Fsp3) is 0.308.